The van der Waals surface area contributed by atoms with Gasteiger partial charge >= 0.3 is 6.18 Å². The van der Waals surface area contributed by atoms with Gasteiger partial charge in [0.25, 0.3) is 0 Å². The van der Waals surface area contributed by atoms with E-state index in [0.717, 1.165) is 43.4 Å². The lowest BCUT2D eigenvalue weighted by Gasteiger charge is -2.22. The highest BCUT2D eigenvalue weighted by molar-refractivity contribution is 8.00. The fourth-order valence-electron chi connectivity index (χ4n) is 2.55. The number of hydrogen-bond donors (Lipinski definition) is 2. The summed E-state index contributed by atoms with van der Waals surface area (Å²) in [4.78, 5) is 12.2. The van der Waals surface area contributed by atoms with Crippen LogP contribution in [0.25, 0.3) is 0 Å². The lowest BCUT2D eigenvalue weighted by atomic mass is 9.96. The molecule has 0 radical (unpaired) electrons. The maximum atomic E-state index is 12.6. The summed E-state index contributed by atoms with van der Waals surface area (Å²) in [7, 11) is 0. The molecule has 8 heteroatoms. The van der Waals surface area contributed by atoms with Crippen LogP contribution < -0.4 is 10.6 Å². The van der Waals surface area contributed by atoms with Crippen molar-refractivity contribution in [1.29, 1.82) is 0 Å². The Morgan fingerprint density at radius 3 is 2.83 bits per heavy atom. The molecule has 24 heavy (non-hydrogen) atoms. The van der Waals surface area contributed by atoms with Gasteiger partial charge in [-0.15, -0.1) is 24.2 Å². The van der Waals surface area contributed by atoms with Crippen molar-refractivity contribution in [2.24, 2.45) is 5.92 Å². The van der Waals surface area contributed by atoms with Crippen LogP contribution in [0.15, 0.2) is 29.2 Å². The molecule has 1 aromatic carbocycles. The number of amides is 1. The van der Waals surface area contributed by atoms with E-state index >= 15 is 0 Å². The first-order chi connectivity index (χ1) is 10.9. The van der Waals surface area contributed by atoms with Crippen molar-refractivity contribution in [2.45, 2.75) is 30.3 Å². The largest absolute Gasteiger partial charge is 0.416 e. The lowest BCUT2D eigenvalue weighted by molar-refractivity contribution is -0.137. The van der Waals surface area contributed by atoms with Gasteiger partial charge in [0.15, 0.2) is 0 Å². The molecule has 0 bridgehead atoms. The third-order valence-corrected chi connectivity index (χ3v) is 4.80. The minimum absolute atomic E-state index is 0. The number of alkyl halides is 3. The molecule has 1 heterocycles. The topological polar surface area (TPSA) is 41.1 Å². The molecule has 1 aliphatic rings. The first-order valence-corrected chi connectivity index (χ1v) is 8.71. The molecule has 0 aromatic heterocycles. The maximum absolute atomic E-state index is 12.6. The summed E-state index contributed by atoms with van der Waals surface area (Å²) >= 11 is 1.12. The van der Waals surface area contributed by atoms with Crippen molar-refractivity contribution < 1.29 is 18.0 Å². The van der Waals surface area contributed by atoms with Crippen LogP contribution in [0.3, 0.4) is 0 Å². The van der Waals surface area contributed by atoms with E-state index in [2.05, 4.69) is 10.6 Å². The molecule has 0 spiro atoms. The average molecular weight is 383 g/mol. The Labute approximate surface area is 150 Å². The van der Waals surface area contributed by atoms with Gasteiger partial charge in [0, 0.05) is 11.4 Å². The van der Waals surface area contributed by atoms with Gasteiger partial charge in [-0.25, -0.2) is 0 Å². The van der Waals surface area contributed by atoms with E-state index in [1.54, 1.807) is 6.07 Å². The minimum Gasteiger partial charge on any atom is -0.355 e. The number of carbonyl (C=O) groups excluding carboxylic acids is 1. The quantitative estimate of drug-likeness (QED) is 0.737. The van der Waals surface area contributed by atoms with Gasteiger partial charge in [-0.2, -0.15) is 13.2 Å². The Morgan fingerprint density at radius 2 is 2.17 bits per heavy atom. The summed E-state index contributed by atoms with van der Waals surface area (Å²) < 4.78 is 37.8. The summed E-state index contributed by atoms with van der Waals surface area (Å²) in [6.07, 6.45) is -1.06. The van der Waals surface area contributed by atoms with E-state index in [0.29, 0.717) is 17.4 Å². The van der Waals surface area contributed by atoms with Gasteiger partial charge in [-0.05, 0) is 56.5 Å². The van der Waals surface area contributed by atoms with Gasteiger partial charge in [0.1, 0.15) is 0 Å². The molecule has 1 amide bonds. The highest BCUT2D eigenvalue weighted by Gasteiger charge is 2.30. The van der Waals surface area contributed by atoms with Crippen molar-refractivity contribution >= 4 is 30.1 Å². The van der Waals surface area contributed by atoms with Gasteiger partial charge in [0.05, 0.1) is 11.3 Å². The van der Waals surface area contributed by atoms with Crippen molar-refractivity contribution in [2.75, 3.05) is 25.4 Å². The van der Waals surface area contributed by atoms with E-state index in [-0.39, 0.29) is 24.1 Å². The second-order valence-corrected chi connectivity index (χ2v) is 6.71. The second kappa shape index (κ2) is 10.2. The fraction of sp³-hybridized carbons (Fsp3) is 0.562. The zero-order chi connectivity index (χ0) is 16.7. The molecular formula is C16H22ClF3N2OS. The Kier molecular flexibility index (Phi) is 8.94. The molecule has 2 rings (SSSR count). The normalized spacial score (nSPS) is 17.9. The Hall–Kier alpha value is -0.920. The highest BCUT2D eigenvalue weighted by Crippen LogP contribution is 2.31. The van der Waals surface area contributed by atoms with E-state index in [1.807, 2.05) is 0 Å². The Morgan fingerprint density at radius 1 is 1.38 bits per heavy atom. The summed E-state index contributed by atoms with van der Waals surface area (Å²) in [5.41, 5.74) is -0.687. The number of thioether (sulfide) groups is 1. The van der Waals surface area contributed by atoms with E-state index < -0.39 is 11.7 Å². The van der Waals surface area contributed by atoms with Crippen LogP contribution in [-0.2, 0) is 11.0 Å². The van der Waals surface area contributed by atoms with Gasteiger partial charge in [0.2, 0.25) is 5.91 Å². The Balaban J connectivity index is 0.00000288. The minimum atomic E-state index is -4.35. The number of benzene rings is 1. The smallest absolute Gasteiger partial charge is 0.355 e. The number of nitrogens with one attached hydrogen (secondary N) is 2. The molecule has 1 fully saturated rings. The standard InChI is InChI=1S/C16H21F3N2OS.ClH/c17-16(18,19)13-4-1-5-14(9-13)23-11-15(22)21-8-6-12-3-2-7-20-10-12;/h1,4-5,9,12,20H,2-3,6-8,10-11H2,(H,21,22);1H. The molecule has 136 valence electrons. The zero-order valence-electron chi connectivity index (χ0n) is 13.2. The van der Waals surface area contributed by atoms with Crippen molar-refractivity contribution in [3.63, 3.8) is 0 Å². The van der Waals surface area contributed by atoms with E-state index in [1.165, 1.54) is 18.9 Å². The first kappa shape index (κ1) is 21.1. The summed E-state index contributed by atoms with van der Waals surface area (Å²) in [6, 6.07) is 5.05. The molecule has 2 N–H and O–H groups in total. The number of hydrogen-bond acceptors (Lipinski definition) is 3. The van der Waals surface area contributed by atoms with Crippen LogP contribution in [0.5, 0.6) is 0 Å². The molecule has 1 saturated heterocycles. The van der Waals surface area contributed by atoms with Gasteiger partial charge < -0.3 is 10.6 Å². The fourth-order valence-corrected chi connectivity index (χ4v) is 3.33. The molecule has 0 aliphatic carbocycles. The van der Waals surface area contributed by atoms with E-state index in [4.69, 9.17) is 0 Å². The summed E-state index contributed by atoms with van der Waals surface area (Å²) in [6.45, 7) is 2.68. The number of rotatable bonds is 6. The van der Waals surface area contributed by atoms with Gasteiger partial charge in [-0.1, -0.05) is 6.07 Å². The van der Waals surface area contributed by atoms with Crippen LogP contribution in [0, 0.1) is 5.92 Å². The molecule has 1 aromatic rings. The summed E-state index contributed by atoms with van der Waals surface area (Å²) in [5.74, 6) is 0.584. The predicted octanol–water partition coefficient (Wildman–Crippen LogP) is 3.73. The van der Waals surface area contributed by atoms with Gasteiger partial charge in [-0.3, -0.25) is 4.79 Å². The van der Waals surface area contributed by atoms with E-state index in [9.17, 15) is 18.0 Å². The second-order valence-electron chi connectivity index (χ2n) is 5.67. The monoisotopic (exact) mass is 382 g/mol. The van der Waals surface area contributed by atoms with Crippen LogP contribution in [0.1, 0.15) is 24.8 Å². The maximum Gasteiger partial charge on any atom is 0.416 e. The van der Waals surface area contributed by atoms with Crippen LogP contribution in [0.4, 0.5) is 13.2 Å². The number of piperidine rings is 1. The summed E-state index contributed by atoms with van der Waals surface area (Å²) in [5, 5.41) is 6.16. The molecular weight excluding hydrogens is 361 g/mol. The number of halogens is 4. The van der Waals surface area contributed by atoms with Crippen molar-refractivity contribution in [3.8, 4) is 0 Å². The van der Waals surface area contributed by atoms with Crippen molar-refractivity contribution in [3.05, 3.63) is 29.8 Å². The molecule has 3 nitrogen and oxygen atoms in total. The first-order valence-electron chi connectivity index (χ1n) is 7.72. The van der Waals surface area contributed by atoms with Crippen molar-refractivity contribution in [1.82, 2.24) is 10.6 Å². The highest BCUT2D eigenvalue weighted by atomic mass is 35.5. The Bertz CT molecular complexity index is 522. The SMILES string of the molecule is Cl.O=C(CSc1cccc(C(F)(F)F)c1)NCCC1CCCNC1. The zero-order valence-corrected chi connectivity index (χ0v) is 14.8. The predicted molar refractivity (Wildman–Crippen MR) is 92.6 cm³/mol. The average Bonchev–Trinajstić information content (AvgIpc) is 2.53. The molecule has 1 aliphatic heterocycles. The lowest BCUT2D eigenvalue weighted by Crippen LogP contribution is -2.33. The van der Waals surface area contributed by atoms with Crippen LogP contribution in [0.2, 0.25) is 0 Å². The third-order valence-electron chi connectivity index (χ3n) is 3.80. The molecule has 0 saturated carbocycles. The third kappa shape index (κ3) is 7.32. The number of carbonyl (C=O) groups is 1. The van der Waals surface area contributed by atoms with Crippen LogP contribution in [-0.4, -0.2) is 31.3 Å². The van der Waals surface area contributed by atoms with Crippen LogP contribution >= 0.6 is 24.2 Å². The molecule has 1 unspecified atom stereocenters. The molecule has 1 atom stereocenters.